The Bertz CT molecular complexity index is 822. The molecule has 0 saturated heterocycles. The molecule has 1 aromatic carbocycles. The van der Waals surface area contributed by atoms with Gasteiger partial charge in [-0.2, -0.15) is 0 Å². The fourth-order valence-electron chi connectivity index (χ4n) is 1.41. The second kappa shape index (κ2) is 5.91. The van der Waals surface area contributed by atoms with E-state index < -0.39 is 21.8 Å². The third-order valence-corrected chi connectivity index (χ3v) is 6.17. The van der Waals surface area contributed by atoms with Crippen LogP contribution in [-0.4, -0.2) is 19.5 Å². The van der Waals surface area contributed by atoms with Gasteiger partial charge in [0.05, 0.1) is 9.47 Å². The zero-order valence-corrected chi connectivity index (χ0v) is 13.9. The molecule has 0 aliphatic carbocycles. The van der Waals surface area contributed by atoms with Crippen LogP contribution in [0.2, 0.25) is 5.02 Å². The summed E-state index contributed by atoms with van der Waals surface area (Å²) in [4.78, 5) is 10.4. The molecule has 1 heterocycles. The predicted molar refractivity (Wildman–Crippen MR) is 81.2 cm³/mol. The quantitative estimate of drug-likeness (QED) is 0.797. The molecule has 112 valence electrons. The molecule has 0 aliphatic heterocycles. The van der Waals surface area contributed by atoms with Gasteiger partial charge in [0.25, 0.3) is 10.0 Å². The summed E-state index contributed by atoms with van der Waals surface area (Å²) in [5.74, 6) is -2.09. The maximum atomic E-state index is 13.6. The summed E-state index contributed by atoms with van der Waals surface area (Å²) < 4.78 is 40.1. The number of benzene rings is 1. The minimum Gasteiger partial charge on any atom is -0.477 e. The normalized spacial score (nSPS) is 11.4. The Kier molecular flexibility index (Phi) is 4.57. The first kappa shape index (κ1) is 16.2. The van der Waals surface area contributed by atoms with Crippen LogP contribution in [0.4, 0.5) is 10.1 Å². The molecule has 2 aromatic rings. The fraction of sp³-hybridized carbons (Fsp3) is 0. The first-order valence-electron chi connectivity index (χ1n) is 5.21. The highest BCUT2D eigenvalue weighted by molar-refractivity contribution is 9.11. The van der Waals surface area contributed by atoms with Crippen molar-refractivity contribution in [2.24, 2.45) is 0 Å². The largest absolute Gasteiger partial charge is 0.477 e. The molecule has 21 heavy (non-hydrogen) atoms. The number of hydrogen-bond acceptors (Lipinski definition) is 4. The van der Waals surface area contributed by atoms with Crippen molar-refractivity contribution >= 4 is 60.5 Å². The lowest BCUT2D eigenvalue weighted by Gasteiger charge is -2.08. The van der Waals surface area contributed by atoms with Crippen LogP contribution in [0.25, 0.3) is 0 Å². The zero-order chi connectivity index (χ0) is 15.8. The molecule has 10 heteroatoms. The van der Waals surface area contributed by atoms with Gasteiger partial charge in [0, 0.05) is 5.02 Å². The van der Waals surface area contributed by atoms with E-state index in [-0.39, 0.29) is 24.3 Å². The molecular formula is C11H6BrClFNO4S2. The molecule has 0 atom stereocenters. The number of hydrogen-bond donors (Lipinski definition) is 2. The smallest absolute Gasteiger partial charge is 0.345 e. The van der Waals surface area contributed by atoms with Crippen LogP contribution >= 0.6 is 38.9 Å². The van der Waals surface area contributed by atoms with E-state index in [2.05, 4.69) is 15.9 Å². The molecule has 0 saturated carbocycles. The topological polar surface area (TPSA) is 83.5 Å². The Morgan fingerprint density at radius 1 is 1.38 bits per heavy atom. The predicted octanol–water partition coefficient (Wildman–Crippen LogP) is 3.80. The number of carbonyl (C=O) groups is 1. The molecule has 0 unspecified atom stereocenters. The second-order valence-electron chi connectivity index (χ2n) is 3.78. The van der Waals surface area contributed by atoms with E-state index in [9.17, 15) is 17.6 Å². The van der Waals surface area contributed by atoms with Crippen LogP contribution in [-0.2, 0) is 10.0 Å². The maximum absolute atomic E-state index is 13.6. The molecule has 5 nitrogen and oxygen atoms in total. The van der Waals surface area contributed by atoms with Crippen LogP contribution in [0.1, 0.15) is 9.67 Å². The molecule has 2 rings (SSSR count). The third-order valence-electron chi connectivity index (χ3n) is 2.33. The van der Waals surface area contributed by atoms with Crippen molar-refractivity contribution in [3.63, 3.8) is 0 Å². The second-order valence-corrected chi connectivity index (χ2v) is 8.24. The van der Waals surface area contributed by atoms with Gasteiger partial charge in [-0.15, -0.1) is 11.3 Å². The van der Waals surface area contributed by atoms with Crippen LogP contribution < -0.4 is 4.72 Å². The van der Waals surface area contributed by atoms with E-state index in [0.29, 0.717) is 0 Å². The van der Waals surface area contributed by atoms with Crippen LogP contribution in [0, 0.1) is 5.82 Å². The Labute approximate surface area is 136 Å². The van der Waals surface area contributed by atoms with Gasteiger partial charge in [-0.1, -0.05) is 11.6 Å². The van der Waals surface area contributed by atoms with E-state index in [1.165, 1.54) is 12.1 Å². The highest BCUT2D eigenvalue weighted by Crippen LogP contribution is 2.33. The van der Waals surface area contributed by atoms with Crippen molar-refractivity contribution < 1.29 is 22.7 Å². The van der Waals surface area contributed by atoms with Gasteiger partial charge in [0.2, 0.25) is 0 Å². The average molecular weight is 415 g/mol. The van der Waals surface area contributed by atoms with Crippen molar-refractivity contribution in [2.75, 3.05) is 4.72 Å². The lowest BCUT2D eigenvalue weighted by molar-refractivity contribution is 0.0702. The Morgan fingerprint density at radius 3 is 2.57 bits per heavy atom. The van der Waals surface area contributed by atoms with E-state index in [0.717, 1.165) is 23.5 Å². The number of halogens is 3. The molecule has 1 aromatic heterocycles. The van der Waals surface area contributed by atoms with Crippen molar-refractivity contribution in [3.8, 4) is 0 Å². The molecule has 0 radical (unpaired) electrons. The number of aromatic carboxylic acids is 1. The number of thiophene rings is 1. The van der Waals surface area contributed by atoms with E-state index >= 15 is 0 Å². The van der Waals surface area contributed by atoms with Crippen molar-refractivity contribution in [2.45, 2.75) is 4.90 Å². The van der Waals surface area contributed by atoms with Gasteiger partial charge in [0.15, 0.2) is 0 Å². The van der Waals surface area contributed by atoms with Gasteiger partial charge < -0.3 is 5.11 Å². The summed E-state index contributed by atoms with van der Waals surface area (Å²) in [6, 6.07) is 4.46. The lowest BCUT2D eigenvalue weighted by atomic mass is 10.3. The van der Waals surface area contributed by atoms with Gasteiger partial charge in [-0.25, -0.2) is 17.6 Å². The van der Waals surface area contributed by atoms with Crippen molar-refractivity contribution in [1.82, 2.24) is 0 Å². The fourth-order valence-corrected chi connectivity index (χ4v) is 5.04. The van der Waals surface area contributed by atoms with Gasteiger partial charge >= 0.3 is 5.97 Å². The molecule has 0 bridgehead atoms. The van der Waals surface area contributed by atoms with E-state index in [1.54, 1.807) is 0 Å². The summed E-state index contributed by atoms with van der Waals surface area (Å²) in [5, 5.41) is 8.98. The summed E-state index contributed by atoms with van der Waals surface area (Å²) in [7, 11) is -4.12. The first-order valence-corrected chi connectivity index (χ1v) is 8.68. The van der Waals surface area contributed by atoms with Crippen LogP contribution in [0.3, 0.4) is 0 Å². The molecule has 2 N–H and O–H groups in total. The highest BCUT2D eigenvalue weighted by atomic mass is 79.9. The van der Waals surface area contributed by atoms with Crippen LogP contribution in [0.5, 0.6) is 0 Å². The number of anilines is 1. The number of carboxylic acids is 1. The highest BCUT2D eigenvalue weighted by Gasteiger charge is 2.24. The van der Waals surface area contributed by atoms with E-state index in [1.807, 2.05) is 4.72 Å². The molecule has 0 amide bonds. The number of carboxylic acid groups (broad SMARTS) is 1. The Balaban J connectivity index is 2.41. The third kappa shape index (κ3) is 3.54. The van der Waals surface area contributed by atoms with E-state index in [4.69, 9.17) is 16.7 Å². The molecule has 0 aliphatic rings. The standard InChI is InChI=1S/C11H6BrClFNO4S2/c12-10-9(4-8(20-10)11(16)17)21(18,19)15-7-2-1-5(13)3-6(7)14/h1-4,15H,(H,16,17). The van der Waals surface area contributed by atoms with Gasteiger partial charge in [-0.05, 0) is 40.2 Å². The average Bonchev–Trinajstić information content (AvgIpc) is 2.76. The number of sulfonamides is 1. The van der Waals surface area contributed by atoms with Crippen LogP contribution in [0.15, 0.2) is 32.9 Å². The molecule has 0 fully saturated rings. The Hall–Kier alpha value is -1.16. The lowest BCUT2D eigenvalue weighted by Crippen LogP contribution is -2.13. The summed E-state index contributed by atoms with van der Waals surface area (Å²) in [6.45, 7) is 0. The minimum atomic E-state index is -4.12. The zero-order valence-electron chi connectivity index (χ0n) is 9.93. The summed E-state index contributed by atoms with van der Waals surface area (Å²) in [6.07, 6.45) is 0. The minimum absolute atomic E-state index is 0.113. The number of rotatable bonds is 4. The SMILES string of the molecule is O=C(O)c1cc(S(=O)(=O)Nc2ccc(Cl)cc2F)c(Br)s1. The van der Waals surface area contributed by atoms with Gasteiger partial charge in [0.1, 0.15) is 15.6 Å². The van der Waals surface area contributed by atoms with Crippen molar-refractivity contribution in [3.05, 3.63) is 43.8 Å². The van der Waals surface area contributed by atoms with Crippen molar-refractivity contribution in [1.29, 1.82) is 0 Å². The molecule has 0 spiro atoms. The summed E-state index contributed by atoms with van der Waals surface area (Å²) in [5.41, 5.74) is -0.283. The number of nitrogens with one attached hydrogen (secondary N) is 1. The monoisotopic (exact) mass is 413 g/mol. The van der Waals surface area contributed by atoms with Gasteiger partial charge in [-0.3, -0.25) is 4.72 Å². The Morgan fingerprint density at radius 2 is 2.05 bits per heavy atom. The molecular weight excluding hydrogens is 409 g/mol. The first-order chi connectivity index (χ1) is 9.70. The maximum Gasteiger partial charge on any atom is 0.345 e. The summed E-state index contributed by atoms with van der Waals surface area (Å²) >= 11 is 9.32.